The van der Waals surface area contributed by atoms with E-state index >= 15 is 0 Å². The standard InChI is InChI=1S/C14H22N2O/c1-5-6-8-14(3,4)13(17)16-12-7-9-15-11(2)10-12/h7,9-10H,5-6,8H2,1-4H3,(H,15,16,17). The number of unbranched alkanes of at least 4 members (excludes halogenated alkanes) is 1. The van der Waals surface area contributed by atoms with Gasteiger partial charge in [-0.1, -0.05) is 33.6 Å². The Morgan fingerprint density at radius 2 is 2.18 bits per heavy atom. The molecule has 0 saturated carbocycles. The summed E-state index contributed by atoms with van der Waals surface area (Å²) >= 11 is 0. The number of aromatic nitrogens is 1. The molecule has 0 aliphatic heterocycles. The Hall–Kier alpha value is -1.38. The smallest absolute Gasteiger partial charge is 0.230 e. The SMILES string of the molecule is CCCCC(C)(C)C(=O)Nc1ccnc(C)c1. The van der Waals surface area contributed by atoms with E-state index in [-0.39, 0.29) is 11.3 Å². The molecule has 1 heterocycles. The van der Waals surface area contributed by atoms with Crippen LogP contribution in [0.5, 0.6) is 0 Å². The highest BCUT2D eigenvalue weighted by molar-refractivity contribution is 5.94. The van der Waals surface area contributed by atoms with E-state index in [9.17, 15) is 4.79 Å². The fourth-order valence-corrected chi connectivity index (χ4v) is 1.66. The minimum absolute atomic E-state index is 0.0801. The molecule has 1 aromatic heterocycles. The minimum Gasteiger partial charge on any atom is -0.326 e. The third kappa shape index (κ3) is 4.17. The lowest BCUT2D eigenvalue weighted by Crippen LogP contribution is -2.30. The van der Waals surface area contributed by atoms with Gasteiger partial charge >= 0.3 is 0 Å². The van der Waals surface area contributed by atoms with Gasteiger partial charge in [0.25, 0.3) is 0 Å². The number of aryl methyl sites for hydroxylation is 1. The Labute approximate surface area is 104 Å². The summed E-state index contributed by atoms with van der Waals surface area (Å²) in [5.74, 6) is 0.0801. The normalized spacial score (nSPS) is 11.3. The summed E-state index contributed by atoms with van der Waals surface area (Å²) in [5, 5.41) is 2.95. The fourth-order valence-electron chi connectivity index (χ4n) is 1.66. The molecule has 0 saturated heterocycles. The maximum atomic E-state index is 12.1. The maximum absolute atomic E-state index is 12.1. The van der Waals surface area contributed by atoms with E-state index in [1.165, 1.54) is 0 Å². The zero-order valence-corrected chi connectivity index (χ0v) is 11.2. The van der Waals surface area contributed by atoms with E-state index < -0.39 is 0 Å². The Bertz CT molecular complexity index is 386. The first-order valence-corrected chi connectivity index (χ1v) is 6.20. The molecule has 1 N–H and O–H groups in total. The van der Waals surface area contributed by atoms with Crippen LogP contribution in [-0.2, 0) is 4.79 Å². The van der Waals surface area contributed by atoms with Crippen molar-refractivity contribution in [3.8, 4) is 0 Å². The lowest BCUT2D eigenvalue weighted by Gasteiger charge is -2.23. The molecule has 0 radical (unpaired) electrons. The van der Waals surface area contributed by atoms with Gasteiger partial charge in [-0.25, -0.2) is 0 Å². The molecule has 0 aromatic carbocycles. The average molecular weight is 234 g/mol. The average Bonchev–Trinajstić information content (AvgIpc) is 2.26. The Morgan fingerprint density at radius 3 is 2.76 bits per heavy atom. The van der Waals surface area contributed by atoms with Gasteiger partial charge in [0.15, 0.2) is 0 Å². The molecule has 94 valence electrons. The molecular formula is C14H22N2O. The molecule has 0 aliphatic carbocycles. The monoisotopic (exact) mass is 234 g/mol. The molecule has 0 bridgehead atoms. The Balaban J connectivity index is 2.65. The number of carbonyl (C=O) groups is 1. The molecule has 17 heavy (non-hydrogen) atoms. The van der Waals surface area contributed by atoms with Gasteiger partial charge < -0.3 is 5.32 Å². The van der Waals surface area contributed by atoms with Crippen LogP contribution >= 0.6 is 0 Å². The molecular weight excluding hydrogens is 212 g/mol. The van der Waals surface area contributed by atoms with Crippen molar-refractivity contribution in [1.82, 2.24) is 4.98 Å². The first kappa shape index (κ1) is 13.7. The summed E-state index contributed by atoms with van der Waals surface area (Å²) in [6.07, 6.45) is 4.82. The summed E-state index contributed by atoms with van der Waals surface area (Å²) in [6, 6.07) is 3.70. The third-order valence-corrected chi connectivity index (χ3v) is 2.92. The van der Waals surface area contributed by atoms with Crippen molar-refractivity contribution in [2.45, 2.75) is 47.0 Å². The van der Waals surface area contributed by atoms with E-state index in [0.717, 1.165) is 30.6 Å². The number of hydrogen-bond donors (Lipinski definition) is 1. The molecule has 1 rings (SSSR count). The minimum atomic E-state index is -0.312. The summed E-state index contributed by atoms with van der Waals surface area (Å²) in [6.45, 7) is 8.04. The van der Waals surface area contributed by atoms with Crippen LogP contribution in [0.3, 0.4) is 0 Å². The van der Waals surface area contributed by atoms with Gasteiger partial charge in [-0.05, 0) is 25.5 Å². The maximum Gasteiger partial charge on any atom is 0.230 e. The predicted molar refractivity (Wildman–Crippen MR) is 70.9 cm³/mol. The highest BCUT2D eigenvalue weighted by atomic mass is 16.2. The second kappa shape index (κ2) is 5.80. The first-order valence-electron chi connectivity index (χ1n) is 6.20. The van der Waals surface area contributed by atoms with E-state index in [0.29, 0.717) is 0 Å². The van der Waals surface area contributed by atoms with Crippen molar-refractivity contribution in [2.75, 3.05) is 5.32 Å². The van der Waals surface area contributed by atoms with E-state index in [4.69, 9.17) is 0 Å². The van der Waals surface area contributed by atoms with E-state index in [1.807, 2.05) is 32.9 Å². The highest BCUT2D eigenvalue weighted by Crippen LogP contribution is 2.25. The van der Waals surface area contributed by atoms with Crippen LogP contribution in [0.2, 0.25) is 0 Å². The van der Waals surface area contributed by atoms with Crippen LogP contribution in [-0.4, -0.2) is 10.9 Å². The van der Waals surface area contributed by atoms with Crippen molar-refractivity contribution >= 4 is 11.6 Å². The second-order valence-corrected chi connectivity index (χ2v) is 5.13. The third-order valence-electron chi connectivity index (χ3n) is 2.92. The second-order valence-electron chi connectivity index (χ2n) is 5.13. The molecule has 1 aromatic rings. The number of nitrogens with zero attached hydrogens (tertiary/aromatic N) is 1. The molecule has 0 spiro atoms. The van der Waals surface area contributed by atoms with Gasteiger partial charge in [-0.3, -0.25) is 9.78 Å². The first-order chi connectivity index (χ1) is 7.95. The van der Waals surface area contributed by atoms with Crippen molar-refractivity contribution < 1.29 is 4.79 Å². The van der Waals surface area contributed by atoms with Crippen LogP contribution in [0.15, 0.2) is 18.3 Å². The largest absolute Gasteiger partial charge is 0.326 e. The highest BCUT2D eigenvalue weighted by Gasteiger charge is 2.26. The topological polar surface area (TPSA) is 42.0 Å². The molecule has 3 heteroatoms. The van der Waals surface area contributed by atoms with E-state index in [1.54, 1.807) is 6.20 Å². The van der Waals surface area contributed by atoms with Crippen LogP contribution in [0.25, 0.3) is 0 Å². The van der Waals surface area contributed by atoms with Crippen LogP contribution in [0, 0.1) is 12.3 Å². The molecule has 0 unspecified atom stereocenters. The molecule has 3 nitrogen and oxygen atoms in total. The fraction of sp³-hybridized carbons (Fsp3) is 0.571. The van der Waals surface area contributed by atoms with Crippen LogP contribution in [0.4, 0.5) is 5.69 Å². The molecule has 0 fully saturated rings. The number of nitrogens with one attached hydrogen (secondary N) is 1. The quantitative estimate of drug-likeness (QED) is 0.846. The summed E-state index contributed by atoms with van der Waals surface area (Å²) in [4.78, 5) is 16.2. The lowest BCUT2D eigenvalue weighted by molar-refractivity contribution is -0.124. The number of carbonyl (C=O) groups excluding carboxylic acids is 1. The summed E-state index contributed by atoms with van der Waals surface area (Å²) < 4.78 is 0. The zero-order valence-electron chi connectivity index (χ0n) is 11.2. The Kier molecular flexibility index (Phi) is 4.67. The number of anilines is 1. The van der Waals surface area contributed by atoms with Crippen molar-refractivity contribution in [1.29, 1.82) is 0 Å². The Morgan fingerprint density at radius 1 is 1.47 bits per heavy atom. The zero-order chi connectivity index (χ0) is 12.9. The van der Waals surface area contributed by atoms with E-state index in [2.05, 4.69) is 17.2 Å². The number of pyridine rings is 1. The van der Waals surface area contributed by atoms with Gasteiger partial charge in [0.1, 0.15) is 0 Å². The number of amides is 1. The molecule has 1 amide bonds. The number of rotatable bonds is 5. The van der Waals surface area contributed by atoms with Crippen LogP contribution in [0.1, 0.15) is 45.7 Å². The van der Waals surface area contributed by atoms with Gasteiger partial charge in [0.2, 0.25) is 5.91 Å². The predicted octanol–water partition coefficient (Wildman–Crippen LogP) is 3.54. The van der Waals surface area contributed by atoms with Crippen molar-refractivity contribution in [3.63, 3.8) is 0 Å². The molecule has 0 atom stereocenters. The van der Waals surface area contributed by atoms with Crippen molar-refractivity contribution in [2.24, 2.45) is 5.41 Å². The lowest BCUT2D eigenvalue weighted by atomic mass is 9.86. The summed E-state index contributed by atoms with van der Waals surface area (Å²) in [5.41, 5.74) is 1.42. The van der Waals surface area contributed by atoms with Crippen LogP contribution < -0.4 is 5.32 Å². The summed E-state index contributed by atoms with van der Waals surface area (Å²) in [7, 11) is 0. The van der Waals surface area contributed by atoms with Gasteiger partial charge in [-0.2, -0.15) is 0 Å². The van der Waals surface area contributed by atoms with Gasteiger partial charge in [0.05, 0.1) is 0 Å². The van der Waals surface area contributed by atoms with Crippen molar-refractivity contribution in [3.05, 3.63) is 24.0 Å². The van der Waals surface area contributed by atoms with Gasteiger partial charge in [0, 0.05) is 23.0 Å². The number of hydrogen-bond acceptors (Lipinski definition) is 2. The van der Waals surface area contributed by atoms with Gasteiger partial charge in [-0.15, -0.1) is 0 Å². The molecule has 0 aliphatic rings.